The van der Waals surface area contributed by atoms with Gasteiger partial charge in [0.1, 0.15) is 11.6 Å². The number of aryl methyl sites for hydroxylation is 1. The zero-order valence-corrected chi connectivity index (χ0v) is 13.9. The number of rotatable bonds is 4. The number of halogens is 3. The van der Waals surface area contributed by atoms with Crippen molar-refractivity contribution in [2.75, 3.05) is 5.32 Å². The van der Waals surface area contributed by atoms with E-state index in [2.05, 4.69) is 5.32 Å². The third-order valence-electron chi connectivity index (χ3n) is 3.57. The van der Waals surface area contributed by atoms with Gasteiger partial charge in [-0.1, -0.05) is 18.2 Å². The summed E-state index contributed by atoms with van der Waals surface area (Å²) in [5.74, 6) is -0.890. The molecule has 0 aliphatic carbocycles. The van der Waals surface area contributed by atoms with Gasteiger partial charge in [-0.3, -0.25) is 14.9 Å². The average Bonchev–Trinajstić information content (AvgIpc) is 2.60. The summed E-state index contributed by atoms with van der Waals surface area (Å²) < 4.78 is 38.3. The second-order valence-corrected chi connectivity index (χ2v) is 5.50. The van der Waals surface area contributed by atoms with Gasteiger partial charge in [0.15, 0.2) is 0 Å². The zero-order chi connectivity index (χ0) is 20.2. The Hall–Kier alpha value is -3.67. The van der Waals surface area contributed by atoms with Crippen LogP contribution in [0.1, 0.15) is 16.7 Å². The van der Waals surface area contributed by atoms with Crippen LogP contribution in [0.2, 0.25) is 0 Å². The molecule has 0 heterocycles. The van der Waals surface area contributed by atoms with Crippen molar-refractivity contribution in [2.45, 2.75) is 13.1 Å². The van der Waals surface area contributed by atoms with Gasteiger partial charge < -0.3 is 5.32 Å². The van der Waals surface area contributed by atoms with E-state index in [-0.39, 0.29) is 16.9 Å². The topological polar surface area (TPSA) is 96.0 Å². The van der Waals surface area contributed by atoms with E-state index in [4.69, 9.17) is 5.26 Å². The zero-order valence-electron chi connectivity index (χ0n) is 13.9. The number of amides is 1. The molecule has 0 saturated heterocycles. The highest BCUT2D eigenvalue weighted by molar-refractivity contribution is 6.10. The highest BCUT2D eigenvalue weighted by Crippen LogP contribution is 2.30. The fraction of sp³-hybridized carbons (Fsp3) is 0.111. The Morgan fingerprint density at radius 1 is 1.26 bits per heavy atom. The number of hydrogen-bond donors (Lipinski definition) is 1. The van der Waals surface area contributed by atoms with Crippen LogP contribution in [0.5, 0.6) is 0 Å². The molecule has 0 bridgehead atoms. The lowest BCUT2D eigenvalue weighted by atomic mass is 10.1. The van der Waals surface area contributed by atoms with Crippen LogP contribution < -0.4 is 5.32 Å². The summed E-state index contributed by atoms with van der Waals surface area (Å²) >= 11 is 0. The molecule has 9 heteroatoms. The maximum absolute atomic E-state index is 12.8. The summed E-state index contributed by atoms with van der Waals surface area (Å²) in [6, 6.07) is 9.59. The first-order valence-corrected chi connectivity index (χ1v) is 7.47. The smallest absolute Gasteiger partial charge is 0.321 e. The number of carbonyl (C=O) groups excluding carboxylic acids is 1. The van der Waals surface area contributed by atoms with E-state index in [1.165, 1.54) is 18.2 Å². The predicted octanol–water partition coefficient (Wildman–Crippen LogP) is 4.47. The molecule has 2 aromatic carbocycles. The number of anilines is 1. The van der Waals surface area contributed by atoms with Crippen molar-refractivity contribution >= 4 is 23.4 Å². The molecule has 0 unspecified atom stereocenters. The normalized spacial score (nSPS) is 11.6. The minimum atomic E-state index is -4.56. The van der Waals surface area contributed by atoms with E-state index in [1.54, 1.807) is 13.0 Å². The molecular formula is C18H12F3N3O3. The van der Waals surface area contributed by atoms with E-state index in [9.17, 15) is 28.1 Å². The number of carbonyl (C=O) groups is 1. The van der Waals surface area contributed by atoms with Crippen LogP contribution in [0.3, 0.4) is 0 Å². The van der Waals surface area contributed by atoms with Crippen LogP contribution in [-0.4, -0.2) is 10.8 Å². The highest BCUT2D eigenvalue weighted by atomic mass is 19.4. The number of nitrogens with one attached hydrogen (secondary N) is 1. The fourth-order valence-electron chi connectivity index (χ4n) is 2.17. The van der Waals surface area contributed by atoms with Crippen molar-refractivity contribution in [3.63, 3.8) is 0 Å². The number of alkyl halides is 3. The Labute approximate surface area is 151 Å². The van der Waals surface area contributed by atoms with E-state index < -0.39 is 28.1 Å². The van der Waals surface area contributed by atoms with Gasteiger partial charge in [-0.05, 0) is 36.3 Å². The summed E-state index contributed by atoms with van der Waals surface area (Å²) in [7, 11) is 0. The van der Waals surface area contributed by atoms with E-state index in [1.807, 2.05) is 0 Å². The summed E-state index contributed by atoms with van der Waals surface area (Å²) in [4.78, 5) is 22.5. The molecule has 1 amide bonds. The van der Waals surface area contributed by atoms with Gasteiger partial charge in [-0.2, -0.15) is 18.4 Å². The van der Waals surface area contributed by atoms with Crippen LogP contribution in [-0.2, 0) is 11.0 Å². The monoisotopic (exact) mass is 375 g/mol. The first-order chi connectivity index (χ1) is 12.6. The molecule has 2 aromatic rings. The largest absolute Gasteiger partial charge is 0.416 e. The van der Waals surface area contributed by atoms with Crippen LogP contribution in [0.15, 0.2) is 48.0 Å². The van der Waals surface area contributed by atoms with Crippen LogP contribution in [0.25, 0.3) is 6.08 Å². The van der Waals surface area contributed by atoms with Gasteiger partial charge in [0.2, 0.25) is 0 Å². The molecule has 0 aromatic heterocycles. The average molecular weight is 375 g/mol. The van der Waals surface area contributed by atoms with Crippen molar-refractivity contribution in [3.8, 4) is 6.07 Å². The second-order valence-electron chi connectivity index (χ2n) is 5.50. The molecule has 0 spiro atoms. The maximum atomic E-state index is 12.8. The molecular weight excluding hydrogens is 363 g/mol. The maximum Gasteiger partial charge on any atom is 0.416 e. The lowest BCUT2D eigenvalue weighted by Crippen LogP contribution is -2.14. The number of nitrogens with zero attached hydrogens (tertiary/aromatic N) is 2. The van der Waals surface area contributed by atoms with Gasteiger partial charge in [0.05, 0.1) is 16.2 Å². The summed E-state index contributed by atoms with van der Waals surface area (Å²) in [5, 5.41) is 22.4. The molecule has 1 N–H and O–H groups in total. The molecule has 2 rings (SSSR count). The third-order valence-corrected chi connectivity index (χ3v) is 3.57. The highest BCUT2D eigenvalue weighted by Gasteiger charge is 2.30. The molecule has 0 radical (unpaired) electrons. The summed E-state index contributed by atoms with van der Waals surface area (Å²) in [6.45, 7) is 1.60. The van der Waals surface area contributed by atoms with Gasteiger partial charge in [0.25, 0.3) is 11.6 Å². The van der Waals surface area contributed by atoms with Crippen LogP contribution in [0, 0.1) is 28.4 Å². The Bertz CT molecular complexity index is 976. The second kappa shape index (κ2) is 7.70. The van der Waals surface area contributed by atoms with Crippen molar-refractivity contribution in [1.82, 2.24) is 0 Å². The van der Waals surface area contributed by atoms with E-state index >= 15 is 0 Å². The van der Waals surface area contributed by atoms with Crippen LogP contribution >= 0.6 is 0 Å². The minimum absolute atomic E-state index is 0.0206. The number of nitro groups is 1. The van der Waals surface area contributed by atoms with Crippen molar-refractivity contribution in [1.29, 1.82) is 5.26 Å². The quantitative estimate of drug-likeness (QED) is 0.369. The Morgan fingerprint density at radius 3 is 2.56 bits per heavy atom. The molecule has 0 aliphatic rings. The molecule has 138 valence electrons. The van der Waals surface area contributed by atoms with Gasteiger partial charge >= 0.3 is 6.18 Å². The number of nitro benzene ring substituents is 1. The number of hydrogen-bond acceptors (Lipinski definition) is 4. The lowest BCUT2D eigenvalue weighted by Gasteiger charge is -2.09. The molecule has 6 nitrogen and oxygen atoms in total. The lowest BCUT2D eigenvalue weighted by molar-refractivity contribution is -0.384. The fourth-order valence-corrected chi connectivity index (χ4v) is 2.17. The molecule has 0 saturated carbocycles. The van der Waals surface area contributed by atoms with Crippen LogP contribution in [0.4, 0.5) is 24.5 Å². The summed E-state index contributed by atoms with van der Waals surface area (Å²) in [6.07, 6.45) is -3.55. The SMILES string of the molecule is Cc1ccc([N+](=O)[O-])cc1NC(=O)/C(C#N)=C/c1cccc(C(F)(F)F)c1. The van der Waals surface area contributed by atoms with Gasteiger partial charge in [0, 0.05) is 12.1 Å². The van der Waals surface area contributed by atoms with E-state index in [0.717, 1.165) is 30.3 Å². The predicted molar refractivity (Wildman–Crippen MR) is 91.5 cm³/mol. The standard InChI is InChI=1S/C18H12F3N3O3/c1-11-5-6-15(24(26)27)9-16(11)23-17(25)13(10-22)7-12-3-2-4-14(8-12)18(19,20)21/h2-9H,1H3,(H,23,25)/b13-7+. The van der Waals surface area contributed by atoms with Gasteiger partial charge in [-0.25, -0.2) is 0 Å². The Morgan fingerprint density at radius 2 is 1.96 bits per heavy atom. The Balaban J connectivity index is 2.32. The Kier molecular flexibility index (Phi) is 5.60. The molecule has 27 heavy (non-hydrogen) atoms. The third kappa shape index (κ3) is 4.92. The minimum Gasteiger partial charge on any atom is -0.321 e. The molecule has 0 fully saturated rings. The number of non-ortho nitro benzene ring substituents is 1. The molecule has 0 aliphatic heterocycles. The van der Waals surface area contributed by atoms with Crippen molar-refractivity contribution < 1.29 is 22.9 Å². The molecule has 0 atom stereocenters. The van der Waals surface area contributed by atoms with Crippen molar-refractivity contribution in [3.05, 3.63) is 74.8 Å². The van der Waals surface area contributed by atoms with E-state index in [0.29, 0.717) is 5.56 Å². The number of nitriles is 1. The first kappa shape index (κ1) is 19.7. The first-order valence-electron chi connectivity index (χ1n) is 7.47. The summed E-state index contributed by atoms with van der Waals surface area (Å²) in [5.41, 5.74) is -0.947. The van der Waals surface area contributed by atoms with Crippen molar-refractivity contribution in [2.24, 2.45) is 0 Å². The van der Waals surface area contributed by atoms with Gasteiger partial charge in [-0.15, -0.1) is 0 Å². The number of benzene rings is 2.